The van der Waals surface area contributed by atoms with E-state index in [0.29, 0.717) is 25.2 Å². The van der Waals surface area contributed by atoms with E-state index in [1.807, 2.05) is 35.2 Å². The minimum Gasteiger partial charge on any atom is -0.345 e. The van der Waals surface area contributed by atoms with Crippen LogP contribution in [0.25, 0.3) is 0 Å². The maximum Gasteiger partial charge on any atom is 0.254 e. The van der Waals surface area contributed by atoms with E-state index in [4.69, 9.17) is 0 Å². The normalized spacial score (nSPS) is 11.1. The van der Waals surface area contributed by atoms with Gasteiger partial charge in [0, 0.05) is 46.0 Å². The number of halogens is 2. The molecule has 192 valence electrons. The van der Waals surface area contributed by atoms with Gasteiger partial charge in [-0.3, -0.25) is 9.59 Å². The van der Waals surface area contributed by atoms with Crippen molar-refractivity contribution in [3.05, 3.63) is 92.6 Å². The Morgan fingerprint density at radius 3 is 2.17 bits per heavy atom. The number of hydrogen-bond acceptors (Lipinski definition) is 2. The largest absolute Gasteiger partial charge is 0.345 e. The second-order valence-electron chi connectivity index (χ2n) is 9.51. The number of rotatable bonds is 12. The summed E-state index contributed by atoms with van der Waals surface area (Å²) < 4.78 is 4.16. The quantitative estimate of drug-likeness (QED) is 0.220. The molecule has 0 aliphatic carbocycles. The summed E-state index contributed by atoms with van der Waals surface area (Å²) in [4.78, 5) is 30.5. The van der Waals surface area contributed by atoms with Crippen LogP contribution in [0, 0.1) is 5.92 Å². The SMILES string of the molecule is CCCCN(Cc1cccn1Cc1ccc(Br)cc1)C(=O)CN(CC(C)C)C(=O)c1ccc(Br)cc1. The highest BCUT2D eigenvalue weighted by molar-refractivity contribution is 9.10. The van der Waals surface area contributed by atoms with Crippen molar-refractivity contribution in [3.63, 3.8) is 0 Å². The third-order valence-corrected chi connectivity index (χ3v) is 7.02. The molecule has 0 radical (unpaired) electrons. The van der Waals surface area contributed by atoms with Crippen LogP contribution in [-0.2, 0) is 17.9 Å². The molecule has 0 fully saturated rings. The van der Waals surface area contributed by atoms with Crippen LogP contribution in [0.2, 0.25) is 0 Å². The van der Waals surface area contributed by atoms with E-state index in [1.165, 1.54) is 5.56 Å². The molecule has 5 nitrogen and oxygen atoms in total. The first kappa shape index (κ1) is 28.2. The van der Waals surface area contributed by atoms with Crippen molar-refractivity contribution < 1.29 is 9.59 Å². The molecule has 0 aliphatic heterocycles. The van der Waals surface area contributed by atoms with Crippen molar-refractivity contribution in [1.82, 2.24) is 14.4 Å². The van der Waals surface area contributed by atoms with Crippen LogP contribution in [0.3, 0.4) is 0 Å². The minimum absolute atomic E-state index is 0.0223. The van der Waals surface area contributed by atoms with Gasteiger partial charge in [-0.25, -0.2) is 0 Å². The summed E-state index contributed by atoms with van der Waals surface area (Å²) in [6.07, 6.45) is 3.98. The molecule has 2 aromatic carbocycles. The molecule has 0 saturated carbocycles. The zero-order valence-corrected chi connectivity index (χ0v) is 24.5. The van der Waals surface area contributed by atoms with Crippen molar-refractivity contribution in [2.45, 2.75) is 46.7 Å². The fourth-order valence-electron chi connectivity index (χ4n) is 4.07. The molecule has 7 heteroatoms. The lowest BCUT2D eigenvalue weighted by molar-refractivity contribution is -0.132. The first-order valence-corrected chi connectivity index (χ1v) is 14.1. The Kier molecular flexibility index (Phi) is 10.8. The molecular formula is C29H35Br2N3O2. The van der Waals surface area contributed by atoms with Crippen LogP contribution >= 0.6 is 31.9 Å². The van der Waals surface area contributed by atoms with Crippen molar-refractivity contribution >= 4 is 43.7 Å². The minimum atomic E-state index is -0.112. The van der Waals surface area contributed by atoms with Gasteiger partial charge in [0.25, 0.3) is 5.91 Å². The number of carbonyl (C=O) groups excluding carboxylic acids is 2. The van der Waals surface area contributed by atoms with E-state index in [1.54, 1.807) is 17.0 Å². The number of aromatic nitrogens is 1. The van der Waals surface area contributed by atoms with Gasteiger partial charge in [-0.1, -0.05) is 71.2 Å². The van der Waals surface area contributed by atoms with Gasteiger partial charge in [0.2, 0.25) is 5.91 Å². The fraction of sp³-hybridized carbons (Fsp3) is 0.379. The topological polar surface area (TPSA) is 45.6 Å². The molecule has 1 aromatic heterocycles. The Balaban J connectivity index is 1.76. The van der Waals surface area contributed by atoms with Crippen LogP contribution < -0.4 is 0 Å². The predicted octanol–water partition coefficient (Wildman–Crippen LogP) is 6.99. The third-order valence-electron chi connectivity index (χ3n) is 5.97. The Morgan fingerprint density at radius 1 is 0.917 bits per heavy atom. The van der Waals surface area contributed by atoms with E-state index in [-0.39, 0.29) is 24.3 Å². The molecule has 0 N–H and O–H groups in total. The molecule has 0 spiro atoms. The molecule has 0 aliphatic rings. The molecule has 3 rings (SSSR count). The van der Waals surface area contributed by atoms with Crippen LogP contribution in [0.5, 0.6) is 0 Å². The highest BCUT2D eigenvalue weighted by atomic mass is 79.9. The summed E-state index contributed by atoms with van der Waals surface area (Å²) in [7, 11) is 0. The molecule has 0 unspecified atom stereocenters. The standard InChI is InChI=1S/C29H35Br2N3O2/c1-4-5-16-33(20-27-7-6-17-32(27)19-23-8-12-25(30)13-9-23)28(35)21-34(18-22(2)3)29(36)24-10-14-26(31)15-11-24/h6-15,17,22H,4-5,16,18-21H2,1-3H3. The summed E-state index contributed by atoms with van der Waals surface area (Å²) in [6, 6.07) is 19.7. The summed E-state index contributed by atoms with van der Waals surface area (Å²) in [5.41, 5.74) is 2.87. The van der Waals surface area contributed by atoms with Crippen LogP contribution in [0.4, 0.5) is 0 Å². The molecule has 0 atom stereocenters. The Labute approximate surface area is 231 Å². The fourth-order valence-corrected chi connectivity index (χ4v) is 4.60. The molecule has 1 heterocycles. The predicted molar refractivity (Wildman–Crippen MR) is 153 cm³/mol. The van der Waals surface area contributed by atoms with Gasteiger partial charge < -0.3 is 14.4 Å². The molecule has 3 aromatic rings. The second kappa shape index (κ2) is 13.8. The first-order valence-electron chi connectivity index (χ1n) is 12.5. The van der Waals surface area contributed by atoms with E-state index in [2.05, 4.69) is 81.6 Å². The van der Waals surface area contributed by atoms with Gasteiger partial charge in [-0.05, 0) is 66.4 Å². The van der Waals surface area contributed by atoms with E-state index in [9.17, 15) is 9.59 Å². The Morgan fingerprint density at radius 2 is 1.56 bits per heavy atom. The van der Waals surface area contributed by atoms with Crippen molar-refractivity contribution in [2.75, 3.05) is 19.6 Å². The second-order valence-corrected chi connectivity index (χ2v) is 11.3. The first-order chi connectivity index (χ1) is 17.3. The van der Waals surface area contributed by atoms with Crippen molar-refractivity contribution in [1.29, 1.82) is 0 Å². The van der Waals surface area contributed by atoms with Crippen LogP contribution in [-0.4, -0.2) is 45.8 Å². The van der Waals surface area contributed by atoms with Gasteiger partial charge in [0.05, 0.1) is 6.54 Å². The van der Waals surface area contributed by atoms with Crippen LogP contribution in [0.1, 0.15) is 55.2 Å². The van der Waals surface area contributed by atoms with Gasteiger partial charge in [0.15, 0.2) is 0 Å². The number of amides is 2. The molecular weight excluding hydrogens is 582 g/mol. The highest BCUT2D eigenvalue weighted by Gasteiger charge is 2.23. The number of unbranched alkanes of at least 4 members (excludes halogenated alkanes) is 1. The van der Waals surface area contributed by atoms with E-state index in [0.717, 1.165) is 34.0 Å². The van der Waals surface area contributed by atoms with Gasteiger partial charge in [-0.15, -0.1) is 0 Å². The summed E-state index contributed by atoms with van der Waals surface area (Å²) in [5, 5.41) is 0. The maximum atomic E-state index is 13.6. The number of benzene rings is 2. The highest BCUT2D eigenvalue weighted by Crippen LogP contribution is 2.17. The number of hydrogen-bond donors (Lipinski definition) is 0. The lowest BCUT2D eigenvalue weighted by Crippen LogP contribution is -2.44. The van der Waals surface area contributed by atoms with Gasteiger partial charge in [-0.2, -0.15) is 0 Å². The van der Waals surface area contributed by atoms with Crippen molar-refractivity contribution in [2.24, 2.45) is 5.92 Å². The summed E-state index contributed by atoms with van der Waals surface area (Å²) in [5.74, 6) is 0.119. The molecule has 36 heavy (non-hydrogen) atoms. The average Bonchev–Trinajstić information content (AvgIpc) is 3.28. The van der Waals surface area contributed by atoms with Gasteiger partial charge in [0.1, 0.15) is 6.54 Å². The van der Waals surface area contributed by atoms with E-state index >= 15 is 0 Å². The van der Waals surface area contributed by atoms with Crippen LogP contribution in [0.15, 0.2) is 75.8 Å². The Bertz CT molecular complexity index is 1120. The zero-order chi connectivity index (χ0) is 26.1. The summed E-state index contributed by atoms with van der Waals surface area (Å²) in [6.45, 7) is 8.79. The van der Waals surface area contributed by atoms with Crippen molar-refractivity contribution in [3.8, 4) is 0 Å². The lowest BCUT2D eigenvalue weighted by Gasteiger charge is -2.29. The maximum absolute atomic E-state index is 13.6. The lowest BCUT2D eigenvalue weighted by atomic mass is 10.1. The third kappa shape index (κ3) is 8.34. The summed E-state index contributed by atoms with van der Waals surface area (Å²) >= 11 is 6.92. The monoisotopic (exact) mass is 615 g/mol. The molecule has 0 saturated heterocycles. The average molecular weight is 617 g/mol. The number of carbonyl (C=O) groups is 2. The zero-order valence-electron chi connectivity index (χ0n) is 21.3. The molecule has 2 amide bonds. The van der Waals surface area contributed by atoms with E-state index < -0.39 is 0 Å². The smallest absolute Gasteiger partial charge is 0.254 e. The van der Waals surface area contributed by atoms with Gasteiger partial charge >= 0.3 is 0 Å². The Hall–Kier alpha value is -2.38. The number of nitrogens with zero attached hydrogens (tertiary/aromatic N) is 3. The molecule has 0 bridgehead atoms.